The van der Waals surface area contributed by atoms with E-state index in [2.05, 4.69) is 20.5 Å². The second-order valence-corrected chi connectivity index (χ2v) is 9.14. The highest BCUT2D eigenvalue weighted by Crippen LogP contribution is 2.12. The van der Waals surface area contributed by atoms with Crippen LogP contribution in [0.25, 0.3) is 0 Å². The van der Waals surface area contributed by atoms with Crippen LogP contribution in [0.5, 0.6) is 0 Å². The number of aliphatic imine (C=N–C) groups is 1. The summed E-state index contributed by atoms with van der Waals surface area (Å²) in [6.07, 6.45) is 2.00. The predicted molar refractivity (Wildman–Crippen MR) is 103 cm³/mol. The van der Waals surface area contributed by atoms with E-state index in [1.165, 1.54) is 0 Å². The fourth-order valence-corrected chi connectivity index (χ4v) is 4.25. The molecule has 1 atom stereocenters. The molecule has 9 heteroatoms. The summed E-state index contributed by atoms with van der Waals surface area (Å²) in [7, 11) is -2.81. The van der Waals surface area contributed by atoms with Crippen LogP contribution in [0.2, 0.25) is 0 Å². The van der Waals surface area contributed by atoms with Gasteiger partial charge in [0.2, 0.25) is 0 Å². The Bertz CT molecular complexity index is 507. The van der Waals surface area contributed by atoms with Gasteiger partial charge in [-0.2, -0.15) is 0 Å². The molecule has 2 aliphatic rings. The summed E-state index contributed by atoms with van der Waals surface area (Å²) in [4.78, 5) is 6.74. The molecule has 0 saturated carbocycles. The van der Waals surface area contributed by atoms with E-state index in [0.29, 0.717) is 19.0 Å². The summed E-state index contributed by atoms with van der Waals surface area (Å²) in [6, 6.07) is 0. The zero-order valence-corrected chi connectivity index (χ0v) is 16.7. The second kappa shape index (κ2) is 11.7. The summed E-state index contributed by atoms with van der Waals surface area (Å²) in [5.41, 5.74) is 0. The monoisotopic (exact) mass is 390 g/mol. The Morgan fingerprint density at radius 2 is 2.12 bits per heavy atom. The molecule has 0 amide bonds. The third-order valence-electron chi connectivity index (χ3n) is 4.60. The molecular formula is C17H34N4O4S. The van der Waals surface area contributed by atoms with E-state index in [4.69, 9.17) is 9.47 Å². The number of sulfone groups is 1. The van der Waals surface area contributed by atoms with E-state index < -0.39 is 9.84 Å². The van der Waals surface area contributed by atoms with Gasteiger partial charge in [0.05, 0.1) is 24.7 Å². The minimum atomic E-state index is -2.81. The molecule has 0 aliphatic carbocycles. The molecule has 2 aliphatic heterocycles. The lowest BCUT2D eigenvalue weighted by Gasteiger charge is -2.26. The Kier molecular flexibility index (Phi) is 9.66. The number of guanidine groups is 1. The van der Waals surface area contributed by atoms with Crippen LogP contribution in [0.1, 0.15) is 19.8 Å². The third kappa shape index (κ3) is 8.66. The predicted octanol–water partition coefficient (Wildman–Crippen LogP) is -0.285. The van der Waals surface area contributed by atoms with Gasteiger partial charge in [0.25, 0.3) is 0 Å². The second-order valence-electron chi connectivity index (χ2n) is 6.84. The van der Waals surface area contributed by atoms with Crippen LogP contribution in [0, 0.1) is 5.92 Å². The highest BCUT2D eigenvalue weighted by Gasteiger charge is 2.20. The van der Waals surface area contributed by atoms with Crippen molar-refractivity contribution in [2.45, 2.75) is 19.8 Å². The van der Waals surface area contributed by atoms with Gasteiger partial charge in [-0.05, 0) is 19.8 Å². The molecule has 152 valence electrons. The van der Waals surface area contributed by atoms with Gasteiger partial charge >= 0.3 is 0 Å². The molecule has 0 radical (unpaired) electrons. The van der Waals surface area contributed by atoms with Gasteiger partial charge in [-0.25, -0.2) is 8.42 Å². The third-order valence-corrected chi connectivity index (χ3v) is 6.21. The fourth-order valence-electron chi connectivity index (χ4n) is 2.97. The average molecular weight is 391 g/mol. The summed E-state index contributed by atoms with van der Waals surface area (Å²) in [5.74, 6) is 1.91. The quantitative estimate of drug-likeness (QED) is 0.301. The van der Waals surface area contributed by atoms with Crippen molar-refractivity contribution in [1.29, 1.82) is 0 Å². The Labute approximate surface area is 157 Å². The van der Waals surface area contributed by atoms with Gasteiger partial charge in [-0.15, -0.1) is 0 Å². The minimum absolute atomic E-state index is 0.272. The van der Waals surface area contributed by atoms with Crippen molar-refractivity contribution >= 4 is 15.8 Å². The lowest BCUT2D eigenvalue weighted by molar-refractivity contribution is 0.0893. The van der Waals surface area contributed by atoms with Crippen LogP contribution in [0.4, 0.5) is 0 Å². The SMILES string of the molecule is CCNC(=NCCCOCC1CCOC1)NCCN1CCS(=O)(=O)CC1. The first-order valence-corrected chi connectivity index (χ1v) is 11.5. The fraction of sp³-hybridized carbons (Fsp3) is 0.941. The number of hydrogen-bond donors (Lipinski definition) is 2. The minimum Gasteiger partial charge on any atom is -0.381 e. The van der Waals surface area contributed by atoms with Crippen LogP contribution in [0.15, 0.2) is 4.99 Å². The lowest BCUT2D eigenvalue weighted by atomic mass is 10.1. The van der Waals surface area contributed by atoms with Crippen molar-refractivity contribution in [3.05, 3.63) is 0 Å². The smallest absolute Gasteiger partial charge is 0.191 e. The van der Waals surface area contributed by atoms with E-state index in [9.17, 15) is 8.42 Å². The molecule has 2 saturated heterocycles. The average Bonchev–Trinajstić information content (AvgIpc) is 3.12. The van der Waals surface area contributed by atoms with Crippen molar-refractivity contribution in [1.82, 2.24) is 15.5 Å². The molecular weight excluding hydrogens is 356 g/mol. The molecule has 26 heavy (non-hydrogen) atoms. The number of hydrogen-bond acceptors (Lipinski definition) is 6. The van der Waals surface area contributed by atoms with E-state index >= 15 is 0 Å². The summed E-state index contributed by atoms with van der Waals surface area (Å²) in [5, 5.41) is 6.55. The summed E-state index contributed by atoms with van der Waals surface area (Å²) < 4.78 is 33.9. The molecule has 0 aromatic rings. The molecule has 2 fully saturated rings. The van der Waals surface area contributed by atoms with Crippen LogP contribution in [-0.4, -0.2) is 96.5 Å². The van der Waals surface area contributed by atoms with E-state index in [1.807, 2.05) is 6.92 Å². The molecule has 0 spiro atoms. The Hall–Kier alpha value is -0.900. The summed E-state index contributed by atoms with van der Waals surface area (Å²) >= 11 is 0. The normalized spacial score (nSPS) is 23.9. The Morgan fingerprint density at radius 1 is 1.31 bits per heavy atom. The maximum atomic E-state index is 11.4. The van der Waals surface area contributed by atoms with Crippen LogP contribution >= 0.6 is 0 Å². The highest BCUT2D eigenvalue weighted by atomic mass is 32.2. The summed E-state index contributed by atoms with van der Waals surface area (Å²) in [6.45, 7) is 9.61. The molecule has 0 aromatic heterocycles. The van der Waals surface area contributed by atoms with Crippen LogP contribution < -0.4 is 10.6 Å². The lowest BCUT2D eigenvalue weighted by Crippen LogP contribution is -2.46. The van der Waals surface area contributed by atoms with E-state index in [-0.39, 0.29) is 11.5 Å². The zero-order valence-electron chi connectivity index (χ0n) is 15.9. The first-order chi connectivity index (χ1) is 12.6. The van der Waals surface area contributed by atoms with Crippen molar-refractivity contribution in [3.8, 4) is 0 Å². The maximum absolute atomic E-state index is 11.4. The van der Waals surface area contributed by atoms with E-state index in [0.717, 1.165) is 71.4 Å². The number of rotatable bonds is 10. The van der Waals surface area contributed by atoms with Crippen molar-refractivity contribution in [2.75, 3.05) is 77.2 Å². The largest absolute Gasteiger partial charge is 0.381 e. The van der Waals surface area contributed by atoms with Gasteiger partial charge in [-0.1, -0.05) is 0 Å². The van der Waals surface area contributed by atoms with Crippen LogP contribution in [0.3, 0.4) is 0 Å². The molecule has 0 bridgehead atoms. The van der Waals surface area contributed by atoms with Crippen molar-refractivity contribution in [2.24, 2.45) is 10.9 Å². The first-order valence-electron chi connectivity index (χ1n) is 9.69. The molecule has 2 heterocycles. The Morgan fingerprint density at radius 3 is 2.81 bits per heavy atom. The van der Waals surface area contributed by atoms with Gasteiger partial charge < -0.3 is 20.1 Å². The standard InChI is InChI=1S/C17H34N4O4S/c1-2-18-17(19-5-3-10-24-14-16-4-11-25-15-16)20-6-7-21-8-12-26(22,23)13-9-21/h16H,2-15H2,1H3,(H2,18,19,20). The molecule has 1 unspecified atom stereocenters. The van der Waals surface area contributed by atoms with Gasteiger partial charge in [-0.3, -0.25) is 9.89 Å². The molecule has 8 nitrogen and oxygen atoms in total. The zero-order chi connectivity index (χ0) is 18.7. The highest BCUT2D eigenvalue weighted by molar-refractivity contribution is 7.91. The van der Waals surface area contributed by atoms with Gasteiger partial charge in [0, 0.05) is 58.4 Å². The molecule has 0 aromatic carbocycles. The van der Waals surface area contributed by atoms with Crippen molar-refractivity contribution in [3.63, 3.8) is 0 Å². The van der Waals surface area contributed by atoms with Crippen LogP contribution in [-0.2, 0) is 19.3 Å². The number of nitrogens with one attached hydrogen (secondary N) is 2. The van der Waals surface area contributed by atoms with Crippen molar-refractivity contribution < 1.29 is 17.9 Å². The number of ether oxygens (including phenoxy) is 2. The number of nitrogens with zero attached hydrogens (tertiary/aromatic N) is 2. The molecule has 2 N–H and O–H groups in total. The topological polar surface area (TPSA) is 92.3 Å². The van der Waals surface area contributed by atoms with Gasteiger partial charge in [0.1, 0.15) is 0 Å². The van der Waals surface area contributed by atoms with E-state index in [1.54, 1.807) is 0 Å². The Balaban J connectivity index is 1.55. The maximum Gasteiger partial charge on any atom is 0.191 e. The van der Waals surface area contributed by atoms with Gasteiger partial charge in [0.15, 0.2) is 15.8 Å². The molecule has 2 rings (SSSR count). The first kappa shape index (κ1) is 21.4.